The number of benzene rings is 2. The molecule has 0 fully saturated rings. The summed E-state index contributed by atoms with van der Waals surface area (Å²) < 4.78 is 5.25. The third-order valence-electron chi connectivity index (χ3n) is 3.96. The van der Waals surface area contributed by atoms with Crippen LogP contribution < -0.4 is 5.32 Å². The highest BCUT2D eigenvalue weighted by Crippen LogP contribution is 2.23. The van der Waals surface area contributed by atoms with Crippen LogP contribution >= 0.6 is 11.8 Å². The number of nitrogens with one attached hydrogen (secondary N) is 1. The molecule has 5 heteroatoms. The van der Waals surface area contributed by atoms with Crippen LogP contribution in [0, 0.1) is 13.8 Å². The number of hydrogen-bond donors (Lipinski definition) is 1. The van der Waals surface area contributed by atoms with E-state index in [-0.39, 0.29) is 5.91 Å². The van der Waals surface area contributed by atoms with Crippen LogP contribution in [-0.2, 0) is 4.79 Å². The molecule has 0 aliphatic rings. The third-order valence-corrected chi connectivity index (χ3v) is 4.96. The van der Waals surface area contributed by atoms with Crippen LogP contribution in [0.3, 0.4) is 0 Å². The fraction of sp³-hybridized carbons (Fsp3) is 0.200. The fourth-order valence-corrected chi connectivity index (χ4v) is 3.31. The molecule has 4 nitrogen and oxygen atoms in total. The van der Waals surface area contributed by atoms with Gasteiger partial charge in [-0.05, 0) is 61.4 Å². The molecule has 0 spiro atoms. The van der Waals surface area contributed by atoms with Gasteiger partial charge in [-0.15, -0.1) is 11.8 Å². The number of rotatable bonds is 6. The van der Waals surface area contributed by atoms with Crippen LogP contribution in [0.5, 0.6) is 0 Å². The molecule has 1 N–H and O–H groups in total. The van der Waals surface area contributed by atoms with Crippen molar-refractivity contribution in [3.05, 3.63) is 66.2 Å². The summed E-state index contributed by atoms with van der Waals surface area (Å²) in [6, 6.07) is 13.9. The number of oxazole rings is 1. The van der Waals surface area contributed by atoms with Crippen LogP contribution in [0.2, 0.25) is 0 Å². The first-order valence-electron chi connectivity index (χ1n) is 8.10. The van der Waals surface area contributed by atoms with Crippen molar-refractivity contribution in [1.82, 2.24) is 4.98 Å². The SMILES string of the molecule is Cc1ccc(SCCC(=O)Nc2ccc(-c3cnco3)cc2)cc1C. The van der Waals surface area contributed by atoms with Gasteiger partial charge >= 0.3 is 0 Å². The van der Waals surface area contributed by atoms with E-state index < -0.39 is 0 Å². The topological polar surface area (TPSA) is 55.1 Å². The van der Waals surface area contributed by atoms with Crippen molar-refractivity contribution in [3.63, 3.8) is 0 Å². The maximum absolute atomic E-state index is 12.1. The first-order chi connectivity index (χ1) is 12.1. The Kier molecular flexibility index (Phi) is 5.56. The molecule has 0 saturated heterocycles. The van der Waals surface area contributed by atoms with Gasteiger partial charge in [-0.2, -0.15) is 0 Å². The molecule has 0 atom stereocenters. The van der Waals surface area contributed by atoms with E-state index in [1.54, 1.807) is 18.0 Å². The Hall–Kier alpha value is -2.53. The number of anilines is 1. The van der Waals surface area contributed by atoms with Crippen molar-refractivity contribution in [3.8, 4) is 11.3 Å². The highest BCUT2D eigenvalue weighted by atomic mass is 32.2. The summed E-state index contributed by atoms with van der Waals surface area (Å²) in [7, 11) is 0. The van der Waals surface area contributed by atoms with Crippen molar-refractivity contribution in [2.75, 3.05) is 11.1 Å². The molecule has 0 radical (unpaired) electrons. The zero-order valence-corrected chi connectivity index (χ0v) is 15.1. The van der Waals surface area contributed by atoms with Gasteiger partial charge in [-0.3, -0.25) is 4.79 Å². The minimum atomic E-state index is 0.0174. The molecule has 1 amide bonds. The average Bonchev–Trinajstić information content (AvgIpc) is 3.13. The Morgan fingerprint density at radius 3 is 2.60 bits per heavy atom. The standard InChI is InChI=1S/C20H20N2O2S/c1-14-3-8-18(11-15(14)2)25-10-9-20(23)22-17-6-4-16(5-7-17)19-12-21-13-24-19/h3-8,11-13H,9-10H2,1-2H3,(H,22,23). The molecule has 0 saturated carbocycles. The molecule has 3 rings (SSSR count). The zero-order chi connectivity index (χ0) is 17.6. The van der Waals surface area contributed by atoms with Gasteiger partial charge in [0.25, 0.3) is 0 Å². The molecular weight excluding hydrogens is 332 g/mol. The zero-order valence-electron chi connectivity index (χ0n) is 14.3. The van der Waals surface area contributed by atoms with Gasteiger partial charge in [-0.1, -0.05) is 6.07 Å². The lowest BCUT2D eigenvalue weighted by Gasteiger charge is -2.07. The van der Waals surface area contributed by atoms with E-state index in [0.29, 0.717) is 12.2 Å². The van der Waals surface area contributed by atoms with Gasteiger partial charge in [0, 0.05) is 28.3 Å². The largest absolute Gasteiger partial charge is 0.444 e. The average molecular weight is 352 g/mol. The second kappa shape index (κ2) is 8.03. The van der Waals surface area contributed by atoms with Gasteiger partial charge < -0.3 is 9.73 Å². The number of hydrogen-bond acceptors (Lipinski definition) is 4. The third kappa shape index (κ3) is 4.73. The first kappa shape index (κ1) is 17.3. The second-order valence-electron chi connectivity index (χ2n) is 5.84. The number of thioether (sulfide) groups is 1. The Bertz CT molecular complexity index is 843. The van der Waals surface area contributed by atoms with E-state index in [1.807, 2.05) is 24.3 Å². The number of carbonyl (C=O) groups is 1. The Balaban J connectivity index is 1.48. The van der Waals surface area contributed by atoms with Crippen LogP contribution in [0.25, 0.3) is 11.3 Å². The van der Waals surface area contributed by atoms with Crippen molar-refractivity contribution in [2.24, 2.45) is 0 Å². The Morgan fingerprint density at radius 1 is 1.12 bits per heavy atom. The highest BCUT2D eigenvalue weighted by Gasteiger charge is 2.05. The normalized spacial score (nSPS) is 10.6. The van der Waals surface area contributed by atoms with Crippen molar-refractivity contribution in [1.29, 1.82) is 0 Å². The van der Waals surface area contributed by atoms with Gasteiger partial charge in [0.05, 0.1) is 6.20 Å². The van der Waals surface area contributed by atoms with Crippen LogP contribution in [0.4, 0.5) is 5.69 Å². The molecule has 0 aliphatic carbocycles. The molecule has 1 aromatic heterocycles. The molecule has 25 heavy (non-hydrogen) atoms. The Labute approximate surface area is 151 Å². The van der Waals surface area contributed by atoms with E-state index in [9.17, 15) is 4.79 Å². The van der Waals surface area contributed by atoms with Crippen molar-refractivity contribution < 1.29 is 9.21 Å². The summed E-state index contributed by atoms with van der Waals surface area (Å²) in [5.41, 5.74) is 4.28. The second-order valence-corrected chi connectivity index (χ2v) is 7.00. The molecule has 3 aromatic rings. The minimum absolute atomic E-state index is 0.0174. The van der Waals surface area contributed by atoms with Crippen LogP contribution in [-0.4, -0.2) is 16.6 Å². The summed E-state index contributed by atoms with van der Waals surface area (Å²) in [5, 5.41) is 2.92. The fourth-order valence-electron chi connectivity index (χ4n) is 2.36. The predicted octanol–water partition coefficient (Wildman–Crippen LogP) is 5.08. The number of aryl methyl sites for hydroxylation is 2. The molecule has 0 unspecified atom stereocenters. The molecule has 2 aromatic carbocycles. The maximum atomic E-state index is 12.1. The van der Waals surface area contributed by atoms with Gasteiger partial charge in [-0.25, -0.2) is 4.98 Å². The summed E-state index contributed by atoms with van der Waals surface area (Å²) in [6.07, 6.45) is 3.54. The highest BCUT2D eigenvalue weighted by molar-refractivity contribution is 7.99. The monoisotopic (exact) mass is 352 g/mol. The van der Waals surface area contributed by atoms with E-state index in [0.717, 1.165) is 17.0 Å². The van der Waals surface area contributed by atoms with Crippen LogP contribution in [0.1, 0.15) is 17.5 Å². The quantitative estimate of drug-likeness (QED) is 0.629. The van der Waals surface area contributed by atoms with E-state index in [1.165, 1.54) is 22.4 Å². The van der Waals surface area contributed by atoms with E-state index in [2.05, 4.69) is 42.3 Å². The van der Waals surface area contributed by atoms with E-state index in [4.69, 9.17) is 4.42 Å². The summed E-state index contributed by atoms with van der Waals surface area (Å²) >= 11 is 1.70. The molecule has 128 valence electrons. The summed E-state index contributed by atoms with van der Waals surface area (Å²) in [4.78, 5) is 17.2. The van der Waals surface area contributed by atoms with Crippen LogP contribution in [0.15, 0.2) is 64.4 Å². The first-order valence-corrected chi connectivity index (χ1v) is 9.09. The smallest absolute Gasteiger partial charge is 0.225 e. The van der Waals surface area contributed by atoms with Crippen molar-refractivity contribution >= 4 is 23.4 Å². The lowest BCUT2D eigenvalue weighted by Crippen LogP contribution is -2.12. The minimum Gasteiger partial charge on any atom is -0.444 e. The predicted molar refractivity (Wildman–Crippen MR) is 102 cm³/mol. The van der Waals surface area contributed by atoms with E-state index >= 15 is 0 Å². The number of aromatic nitrogens is 1. The number of carbonyl (C=O) groups excluding carboxylic acids is 1. The van der Waals surface area contributed by atoms with Gasteiger partial charge in [0.15, 0.2) is 12.2 Å². The van der Waals surface area contributed by atoms with Crippen molar-refractivity contribution in [2.45, 2.75) is 25.2 Å². The molecule has 1 heterocycles. The lowest BCUT2D eigenvalue weighted by molar-refractivity contribution is -0.115. The number of amides is 1. The lowest BCUT2D eigenvalue weighted by atomic mass is 10.1. The van der Waals surface area contributed by atoms with Gasteiger partial charge in [0.2, 0.25) is 5.91 Å². The molecule has 0 aliphatic heterocycles. The summed E-state index contributed by atoms with van der Waals surface area (Å²) in [5.74, 6) is 1.48. The van der Waals surface area contributed by atoms with Gasteiger partial charge in [0.1, 0.15) is 0 Å². The summed E-state index contributed by atoms with van der Waals surface area (Å²) in [6.45, 7) is 4.21. The molecular formula is C20H20N2O2S. The number of nitrogens with zero attached hydrogens (tertiary/aromatic N) is 1. The maximum Gasteiger partial charge on any atom is 0.225 e. The molecule has 0 bridgehead atoms. The Morgan fingerprint density at radius 2 is 1.92 bits per heavy atom.